The molecule has 1 N–H and O–H groups in total. The van der Waals surface area contributed by atoms with Gasteiger partial charge in [-0.25, -0.2) is 4.79 Å². The number of carbonyl (C=O) groups is 2. The largest absolute Gasteiger partial charge is 0.486 e. The zero-order chi connectivity index (χ0) is 19.4. The number of carbonyl (C=O) groups excluding carboxylic acids is 2. The highest BCUT2D eigenvalue weighted by Gasteiger charge is 2.13. The maximum absolute atomic E-state index is 12.0. The number of ether oxygens (including phenoxy) is 3. The molecule has 1 aromatic heterocycles. The Balaban J connectivity index is 1.51. The van der Waals surface area contributed by atoms with Crippen LogP contribution < -0.4 is 14.8 Å². The molecule has 1 amide bonds. The van der Waals surface area contributed by atoms with Crippen LogP contribution in [0.3, 0.4) is 0 Å². The summed E-state index contributed by atoms with van der Waals surface area (Å²) >= 11 is 0. The Bertz CT molecular complexity index is 901. The molecule has 0 saturated carbocycles. The van der Waals surface area contributed by atoms with E-state index in [1.165, 1.54) is 6.08 Å². The van der Waals surface area contributed by atoms with Gasteiger partial charge < -0.3 is 19.5 Å². The quantitative estimate of drug-likeness (QED) is 0.638. The minimum Gasteiger partial charge on any atom is -0.486 e. The van der Waals surface area contributed by atoms with E-state index in [1.54, 1.807) is 29.0 Å². The van der Waals surface area contributed by atoms with E-state index >= 15 is 0 Å². The Kier molecular flexibility index (Phi) is 5.44. The number of esters is 1. The molecule has 1 aliphatic heterocycles. The standard InChI is InChI=1S/C19H21N3O5/c1-12-15(13(2)22(3)21-12)5-7-19(24)27-11-18(23)20-14-4-6-16-17(10-14)26-9-8-25-16/h4-7,10H,8-9,11H2,1-3H3,(H,20,23)/b7-5+. The molecule has 0 atom stereocenters. The van der Waals surface area contributed by atoms with Crippen LogP contribution in [0, 0.1) is 13.8 Å². The summed E-state index contributed by atoms with van der Waals surface area (Å²) in [6, 6.07) is 5.08. The molecule has 27 heavy (non-hydrogen) atoms. The van der Waals surface area contributed by atoms with Crippen molar-refractivity contribution in [2.24, 2.45) is 7.05 Å². The highest BCUT2D eigenvalue weighted by atomic mass is 16.6. The molecule has 0 bridgehead atoms. The maximum atomic E-state index is 12.0. The average Bonchev–Trinajstić information content (AvgIpc) is 2.90. The van der Waals surface area contributed by atoms with Crippen molar-refractivity contribution < 1.29 is 23.8 Å². The molecule has 2 heterocycles. The Hall–Kier alpha value is -3.29. The van der Waals surface area contributed by atoms with Gasteiger partial charge in [0.25, 0.3) is 5.91 Å². The first-order valence-corrected chi connectivity index (χ1v) is 8.48. The Morgan fingerprint density at radius 2 is 2.00 bits per heavy atom. The van der Waals surface area contributed by atoms with Gasteiger partial charge in [0.1, 0.15) is 13.2 Å². The molecule has 0 spiro atoms. The van der Waals surface area contributed by atoms with Crippen molar-refractivity contribution in [3.8, 4) is 11.5 Å². The first-order valence-electron chi connectivity index (χ1n) is 8.48. The molecule has 0 unspecified atom stereocenters. The number of aromatic nitrogens is 2. The molecule has 0 aliphatic carbocycles. The number of nitrogens with zero attached hydrogens (tertiary/aromatic N) is 2. The van der Waals surface area contributed by atoms with Gasteiger partial charge in [-0.05, 0) is 32.1 Å². The molecule has 8 heteroatoms. The van der Waals surface area contributed by atoms with E-state index < -0.39 is 11.9 Å². The molecule has 142 valence electrons. The minimum absolute atomic E-state index is 0.386. The first-order chi connectivity index (χ1) is 12.9. The predicted octanol–water partition coefficient (Wildman–Crippen LogP) is 2.00. The number of benzene rings is 1. The van der Waals surface area contributed by atoms with Crippen molar-refractivity contribution in [2.75, 3.05) is 25.1 Å². The van der Waals surface area contributed by atoms with E-state index in [0.29, 0.717) is 30.4 Å². The summed E-state index contributed by atoms with van der Waals surface area (Å²) in [4.78, 5) is 23.8. The smallest absolute Gasteiger partial charge is 0.331 e. The van der Waals surface area contributed by atoms with E-state index in [9.17, 15) is 9.59 Å². The van der Waals surface area contributed by atoms with Crippen molar-refractivity contribution in [1.29, 1.82) is 0 Å². The summed E-state index contributed by atoms with van der Waals surface area (Å²) in [6.07, 6.45) is 2.92. The van der Waals surface area contributed by atoms with Crippen LogP contribution in [0.5, 0.6) is 11.5 Å². The fraction of sp³-hybridized carbons (Fsp3) is 0.316. The van der Waals surface area contributed by atoms with Crippen molar-refractivity contribution in [3.05, 3.63) is 41.2 Å². The molecular formula is C19H21N3O5. The molecular weight excluding hydrogens is 350 g/mol. The number of rotatable bonds is 5. The number of fused-ring (bicyclic) bond motifs is 1. The minimum atomic E-state index is -0.602. The summed E-state index contributed by atoms with van der Waals surface area (Å²) in [6.45, 7) is 4.34. The van der Waals surface area contributed by atoms with Crippen LogP contribution in [0.25, 0.3) is 6.08 Å². The molecule has 8 nitrogen and oxygen atoms in total. The van der Waals surface area contributed by atoms with Crippen LogP contribution in [-0.2, 0) is 21.4 Å². The molecule has 0 fully saturated rings. The Morgan fingerprint density at radius 1 is 1.26 bits per heavy atom. The third-order valence-corrected chi connectivity index (χ3v) is 4.12. The Morgan fingerprint density at radius 3 is 2.70 bits per heavy atom. The van der Waals surface area contributed by atoms with E-state index in [2.05, 4.69) is 10.4 Å². The number of nitrogens with one attached hydrogen (secondary N) is 1. The van der Waals surface area contributed by atoms with Crippen molar-refractivity contribution in [2.45, 2.75) is 13.8 Å². The lowest BCUT2D eigenvalue weighted by molar-refractivity contribution is -0.142. The molecule has 3 rings (SSSR count). The highest BCUT2D eigenvalue weighted by molar-refractivity contribution is 5.95. The summed E-state index contributed by atoms with van der Waals surface area (Å²) in [5.41, 5.74) is 3.15. The lowest BCUT2D eigenvalue weighted by atomic mass is 10.2. The zero-order valence-electron chi connectivity index (χ0n) is 15.4. The second kappa shape index (κ2) is 7.94. The van der Waals surface area contributed by atoms with Gasteiger partial charge in [-0.15, -0.1) is 0 Å². The van der Waals surface area contributed by atoms with Crippen LogP contribution in [-0.4, -0.2) is 41.5 Å². The van der Waals surface area contributed by atoms with Crippen molar-refractivity contribution in [1.82, 2.24) is 9.78 Å². The fourth-order valence-electron chi connectivity index (χ4n) is 2.69. The van der Waals surface area contributed by atoms with Crippen LogP contribution >= 0.6 is 0 Å². The third-order valence-electron chi connectivity index (χ3n) is 4.12. The second-order valence-electron chi connectivity index (χ2n) is 6.06. The fourth-order valence-corrected chi connectivity index (χ4v) is 2.69. The van der Waals surface area contributed by atoms with Gasteiger partial charge >= 0.3 is 5.97 Å². The van der Waals surface area contributed by atoms with Gasteiger partial charge in [-0.3, -0.25) is 9.48 Å². The van der Waals surface area contributed by atoms with Gasteiger partial charge in [-0.1, -0.05) is 0 Å². The normalized spacial score (nSPS) is 12.9. The van der Waals surface area contributed by atoms with E-state index in [0.717, 1.165) is 17.0 Å². The molecule has 0 radical (unpaired) electrons. The lowest BCUT2D eigenvalue weighted by Gasteiger charge is -2.18. The van der Waals surface area contributed by atoms with E-state index in [1.807, 2.05) is 20.9 Å². The van der Waals surface area contributed by atoms with Gasteiger partial charge in [0.2, 0.25) is 0 Å². The summed E-state index contributed by atoms with van der Waals surface area (Å²) in [5.74, 6) is 0.162. The summed E-state index contributed by atoms with van der Waals surface area (Å²) < 4.78 is 17.6. The molecule has 2 aromatic rings. The number of hydrogen-bond donors (Lipinski definition) is 1. The third kappa shape index (κ3) is 4.46. The first kappa shape index (κ1) is 18.5. The SMILES string of the molecule is Cc1nn(C)c(C)c1/C=C/C(=O)OCC(=O)Nc1ccc2c(c1)OCCO2. The second-order valence-corrected chi connectivity index (χ2v) is 6.06. The highest BCUT2D eigenvalue weighted by Crippen LogP contribution is 2.32. The van der Waals surface area contributed by atoms with Crippen LogP contribution in [0.2, 0.25) is 0 Å². The van der Waals surface area contributed by atoms with Gasteiger partial charge in [0, 0.05) is 36.1 Å². The van der Waals surface area contributed by atoms with Crippen LogP contribution in [0.15, 0.2) is 24.3 Å². The van der Waals surface area contributed by atoms with E-state index in [-0.39, 0.29) is 6.61 Å². The zero-order valence-corrected chi connectivity index (χ0v) is 15.4. The van der Waals surface area contributed by atoms with Crippen molar-refractivity contribution in [3.63, 3.8) is 0 Å². The van der Waals surface area contributed by atoms with Gasteiger partial charge in [0.15, 0.2) is 18.1 Å². The summed E-state index contributed by atoms with van der Waals surface area (Å²) in [5, 5.41) is 6.92. The van der Waals surface area contributed by atoms with Gasteiger partial charge in [-0.2, -0.15) is 5.10 Å². The number of aryl methyl sites for hydroxylation is 2. The molecule has 1 aromatic carbocycles. The average molecular weight is 371 g/mol. The van der Waals surface area contributed by atoms with Crippen LogP contribution in [0.4, 0.5) is 5.69 Å². The number of hydrogen-bond acceptors (Lipinski definition) is 6. The topological polar surface area (TPSA) is 91.7 Å². The number of amides is 1. The molecule has 0 saturated heterocycles. The predicted molar refractivity (Wildman–Crippen MR) is 98.7 cm³/mol. The Labute approximate surface area is 156 Å². The monoisotopic (exact) mass is 371 g/mol. The van der Waals surface area contributed by atoms with Crippen molar-refractivity contribution >= 4 is 23.6 Å². The number of anilines is 1. The maximum Gasteiger partial charge on any atom is 0.331 e. The molecule has 1 aliphatic rings. The van der Waals surface area contributed by atoms with Crippen LogP contribution in [0.1, 0.15) is 17.0 Å². The van der Waals surface area contributed by atoms with Gasteiger partial charge in [0.05, 0.1) is 5.69 Å². The lowest BCUT2D eigenvalue weighted by Crippen LogP contribution is -2.20. The summed E-state index contributed by atoms with van der Waals surface area (Å²) in [7, 11) is 1.83. The van der Waals surface area contributed by atoms with E-state index in [4.69, 9.17) is 14.2 Å².